The van der Waals surface area contributed by atoms with Gasteiger partial charge < -0.3 is 10.6 Å². The molecule has 1 aromatic heterocycles. The van der Waals surface area contributed by atoms with Crippen LogP contribution in [0.1, 0.15) is 45.2 Å². The number of nitrogens with two attached hydrogens (primary N) is 1. The van der Waals surface area contributed by atoms with E-state index in [1.165, 1.54) is 25.7 Å². The lowest BCUT2D eigenvalue weighted by atomic mass is 10.2. The van der Waals surface area contributed by atoms with Crippen LogP contribution in [0.25, 0.3) is 0 Å². The monoisotopic (exact) mass is 248 g/mol. The first-order valence-electron chi connectivity index (χ1n) is 6.74. The largest absolute Gasteiger partial charge is 0.382 e. The van der Waals surface area contributed by atoms with Crippen LogP contribution in [0, 0.1) is 5.41 Å². The van der Waals surface area contributed by atoms with Gasteiger partial charge in [0.05, 0.1) is 0 Å². The summed E-state index contributed by atoms with van der Waals surface area (Å²) in [7, 11) is 0. The van der Waals surface area contributed by atoms with Gasteiger partial charge in [-0.2, -0.15) is 0 Å². The summed E-state index contributed by atoms with van der Waals surface area (Å²) in [6.07, 6.45) is 6.47. The van der Waals surface area contributed by atoms with E-state index in [0.29, 0.717) is 5.69 Å². The van der Waals surface area contributed by atoms with Crippen molar-refractivity contribution in [1.29, 1.82) is 5.41 Å². The molecule has 1 aromatic rings. The number of unbranched alkanes of at least 4 members (excludes halogenated alkanes) is 2. The van der Waals surface area contributed by atoms with Crippen LogP contribution in [-0.4, -0.2) is 23.9 Å². The number of nitrogen functional groups attached to an aromatic ring is 1. The van der Waals surface area contributed by atoms with Crippen LogP contribution >= 0.6 is 0 Å². The molecule has 0 aromatic carbocycles. The fourth-order valence-corrected chi connectivity index (χ4v) is 1.83. The van der Waals surface area contributed by atoms with Crippen LogP contribution in [0.2, 0.25) is 0 Å². The predicted octanol–water partition coefficient (Wildman–Crippen LogP) is 2.77. The lowest BCUT2D eigenvalue weighted by molar-refractivity contribution is 0.677. The highest BCUT2D eigenvalue weighted by atomic mass is 15.1. The van der Waals surface area contributed by atoms with Crippen molar-refractivity contribution in [2.24, 2.45) is 5.73 Å². The molecule has 0 radical (unpaired) electrons. The molecule has 0 saturated carbocycles. The summed E-state index contributed by atoms with van der Waals surface area (Å²) in [4.78, 5) is 6.47. The summed E-state index contributed by atoms with van der Waals surface area (Å²) in [5.41, 5.74) is 7.17. The fourth-order valence-electron chi connectivity index (χ4n) is 1.83. The topological polar surface area (TPSA) is 66.0 Å². The van der Waals surface area contributed by atoms with Crippen molar-refractivity contribution in [1.82, 2.24) is 4.98 Å². The maximum absolute atomic E-state index is 7.45. The van der Waals surface area contributed by atoms with Crippen molar-refractivity contribution in [2.45, 2.75) is 39.5 Å². The Morgan fingerprint density at radius 2 is 1.89 bits per heavy atom. The Morgan fingerprint density at radius 1 is 1.28 bits per heavy atom. The van der Waals surface area contributed by atoms with Gasteiger partial charge in [0.1, 0.15) is 11.5 Å². The second-order valence-electron chi connectivity index (χ2n) is 4.51. The first kappa shape index (κ1) is 14.5. The van der Waals surface area contributed by atoms with E-state index in [2.05, 4.69) is 23.7 Å². The molecule has 3 N–H and O–H groups in total. The maximum Gasteiger partial charge on any atom is 0.141 e. The Balaban J connectivity index is 2.82. The van der Waals surface area contributed by atoms with Gasteiger partial charge >= 0.3 is 0 Å². The van der Waals surface area contributed by atoms with Gasteiger partial charge in [-0.15, -0.1) is 0 Å². The molecule has 0 bridgehead atoms. The van der Waals surface area contributed by atoms with E-state index < -0.39 is 0 Å². The molecule has 0 fully saturated rings. The third-order valence-corrected chi connectivity index (χ3v) is 2.95. The van der Waals surface area contributed by atoms with Gasteiger partial charge in [-0.25, -0.2) is 0 Å². The number of nitrogens with zero attached hydrogens (tertiary/aromatic N) is 2. The second kappa shape index (κ2) is 7.69. The van der Waals surface area contributed by atoms with Gasteiger partial charge in [-0.3, -0.25) is 10.4 Å². The Labute approximate surface area is 110 Å². The molecule has 4 heteroatoms. The summed E-state index contributed by atoms with van der Waals surface area (Å²) in [6.45, 7) is 6.51. The normalized spacial score (nSPS) is 10.3. The molecule has 0 aliphatic heterocycles. The molecule has 1 heterocycles. The van der Waals surface area contributed by atoms with E-state index in [1.54, 1.807) is 6.20 Å². The molecule has 0 amide bonds. The zero-order chi connectivity index (χ0) is 13.4. The quantitative estimate of drug-likeness (QED) is 0.549. The SMILES string of the molecule is CCCCN(CCCC)c1ccnc(C(=N)N)c1. The smallest absolute Gasteiger partial charge is 0.141 e. The number of hydrogen-bond acceptors (Lipinski definition) is 3. The fraction of sp³-hybridized carbons (Fsp3) is 0.571. The standard InChI is InChI=1S/C14H24N4/c1-3-5-9-18(10-6-4-2)12-7-8-17-13(11-12)14(15)16/h7-8,11H,3-6,9-10H2,1-2H3,(H3,15,16). The van der Waals surface area contributed by atoms with Crippen LogP contribution in [0.15, 0.2) is 18.3 Å². The van der Waals surface area contributed by atoms with Gasteiger partial charge in [-0.05, 0) is 25.0 Å². The molecule has 0 spiro atoms. The lowest BCUT2D eigenvalue weighted by Gasteiger charge is -2.24. The van der Waals surface area contributed by atoms with Crippen LogP contribution in [-0.2, 0) is 0 Å². The minimum atomic E-state index is 0.0304. The van der Waals surface area contributed by atoms with Gasteiger partial charge in [0.15, 0.2) is 0 Å². The zero-order valence-corrected chi connectivity index (χ0v) is 11.4. The number of amidine groups is 1. The maximum atomic E-state index is 7.45. The Morgan fingerprint density at radius 3 is 2.39 bits per heavy atom. The molecule has 0 saturated heterocycles. The average Bonchev–Trinajstić information content (AvgIpc) is 2.39. The minimum Gasteiger partial charge on any atom is -0.382 e. The highest BCUT2D eigenvalue weighted by Crippen LogP contribution is 2.16. The van der Waals surface area contributed by atoms with Crippen LogP contribution in [0.4, 0.5) is 5.69 Å². The highest BCUT2D eigenvalue weighted by molar-refractivity contribution is 5.93. The first-order chi connectivity index (χ1) is 8.69. The third-order valence-electron chi connectivity index (χ3n) is 2.95. The summed E-state index contributed by atoms with van der Waals surface area (Å²) >= 11 is 0. The lowest BCUT2D eigenvalue weighted by Crippen LogP contribution is -2.26. The number of aromatic nitrogens is 1. The number of hydrogen-bond donors (Lipinski definition) is 2. The summed E-state index contributed by atoms with van der Waals surface area (Å²) in [6, 6.07) is 3.91. The molecule has 0 atom stereocenters. The zero-order valence-electron chi connectivity index (χ0n) is 11.4. The molecule has 0 aliphatic rings. The van der Waals surface area contributed by atoms with Crippen molar-refractivity contribution < 1.29 is 0 Å². The van der Waals surface area contributed by atoms with E-state index in [-0.39, 0.29) is 5.84 Å². The first-order valence-corrected chi connectivity index (χ1v) is 6.74. The van der Waals surface area contributed by atoms with E-state index in [9.17, 15) is 0 Å². The molecule has 0 aliphatic carbocycles. The molecular formula is C14H24N4. The highest BCUT2D eigenvalue weighted by Gasteiger charge is 2.07. The summed E-state index contributed by atoms with van der Waals surface area (Å²) in [5, 5.41) is 7.45. The molecule has 4 nitrogen and oxygen atoms in total. The van der Waals surface area contributed by atoms with Gasteiger partial charge in [0, 0.05) is 25.0 Å². The van der Waals surface area contributed by atoms with Crippen molar-refractivity contribution in [3.63, 3.8) is 0 Å². The molecule has 1 rings (SSSR count). The molecule has 100 valence electrons. The minimum absolute atomic E-state index is 0.0304. The Kier molecular flexibility index (Phi) is 6.19. The van der Waals surface area contributed by atoms with Gasteiger partial charge in [0.25, 0.3) is 0 Å². The average molecular weight is 248 g/mol. The predicted molar refractivity (Wildman–Crippen MR) is 77.3 cm³/mol. The number of rotatable bonds is 8. The number of nitrogens with one attached hydrogen (secondary N) is 1. The van der Waals surface area contributed by atoms with Crippen LogP contribution < -0.4 is 10.6 Å². The molecular weight excluding hydrogens is 224 g/mol. The van der Waals surface area contributed by atoms with E-state index in [1.807, 2.05) is 12.1 Å². The van der Waals surface area contributed by atoms with E-state index >= 15 is 0 Å². The van der Waals surface area contributed by atoms with Crippen molar-refractivity contribution >= 4 is 11.5 Å². The molecule has 18 heavy (non-hydrogen) atoms. The Bertz CT molecular complexity index is 368. The van der Waals surface area contributed by atoms with Gasteiger partial charge in [0.2, 0.25) is 0 Å². The van der Waals surface area contributed by atoms with Crippen molar-refractivity contribution in [2.75, 3.05) is 18.0 Å². The second-order valence-corrected chi connectivity index (χ2v) is 4.51. The third kappa shape index (κ3) is 4.35. The summed E-state index contributed by atoms with van der Waals surface area (Å²) < 4.78 is 0. The van der Waals surface area contributed by atoms with Crippen LogP contribution in [0.3, 0.4) is 0 Å². The van der Waals surface area contributed by atoms with Crippen molar-refractivity contribution in [3.05, 3.63) is 24.0 Å². The van der Waals surface area contributed by atoms with E-state index in [4.69, 9.17) is 11.1 Å². The summed E-state index contributed by atoms with van der Waals surface area (Å²) in [5.74, 6) is 0.0304. The van der Waals surface area contributed by atoms with E-state index in [0.717, 1.165) is 18.8 Å². The van der Waals surface area contributed by atoms with Gasteiger partial charge in [-0.1, -0.05) is 26.7 Å². The number of anilines is 1. The Hall–Kier alpha value is -1.58. The van der Waals surface area contributed by atoms with Crippen molar-refractivity contribution in [3.8, 4) is 0 Å². The van der Waals surface area contributed by atoms with Crippen LogP contribution in [0.5, 0.6) is 0 Å². The number of pyridine rings is 1. The molecule has 0 unspecified atom stereocenters.